The fraction of sp³-hybridized carbons (Fsp3) is 0.423. The fourth-order valence-electron chi connectivity index (χ4n) is 4.06. The number of nitrogens with one attached hydrogen (secondary N) is 3. The van der Waals surface area contributed by atoms with Crippen LogP contribution in [0.15, 0.2) is 48.5 Å². The normalized spacial score (nSPS) is 16.0. The summed E-state index contributed by atoms with van der Waals surface area (Å²) in [4.78, 5) is 39.3. The Morgan fingerprint density at radius 3 is 2.56 bits per heavy atom. The number of hydrogen-bond donors (Lipinski definition) is 3. The van der Waals surface area contributed by atoms with Crippen LogP contribution >= 0.6 is 0 Å². The first kappa shape index (κ1) is 23.6. The van der Waals surface area contributed by atoms with Crippen molar-refractivity contribution >= 4 is 23.5 Å². The molecule has 4 rings (SSSR count). The zero-order valence-electron chi connectivity index (χ0n) is 19.5. The molecule has 34 heavy (non-hydrogen) atoms. The zero-order valence-corrected chi connectivity index (χ0v) is 19.5. The summed E-state index contributed by atoms with van der Waals surface area (Å²) in [7, 11) is 0. The third-order valence-corrected chi connectivity index (χ3v) is 6.11. The monoisotopic (exact) mass is 464 g/mol. The molecule has 2 aliphatic rings. The van der Waals surface area contributed by atoms with Gasteiger partial charge in [0.1, 0.15) is 5.75 Å². The van der Waals surface area contributed by atoms with Crippen LogP contribution in [-0.2, 0) is 4.79 Å². The van der Waals surface area contributed by atoms with Gasteiger partial charge in [-0.05, 0) is 56.4 Å². The van der Waals surface area contributed by atoms with E-state index >= 15 is 0 Å². The summed E-state index contributed by atoms with van der Waals surface area (Å²) in [6.07, 6.45) is 4.73. The number of carbonyl (C=O) groups is 3. The Bertz CT molecular complexity index is 1030. The second kappa shape index (κ2) is 11.0. The molecule has 1 aliphatic heterocycles. The highest BCUT2D eigenvalue weighted by atomic mass is 16.5. The number of anilines is 1. The number of hydrogen-bond acceptors (Lipinski definition) is 4. The molecule has 8 heteroatoms. The van der Waals surface area contributed by atoms with Gasteiger partial charge in [0.05, 0.1) is 6.04 Å². The topological polar surface area (TPSA) is 99.8 Å². The lowest BCUT2D eigenvalue weighted by Crippen LogP contribution is -2.33. The first-order valence-electron chi connectivity index (χ1n) is 12.0. The summed E-state index contributed by atoms with van der Waals surface area (Å²) >= 11 is 0. The van der Waals surface area contributed by atoms with Crippen molar-refractivity contribution < 1.29 is 19.1 Å². The predicted molar refractivity (Wildman–Crippen MR) is 130 cm³/mol. The highest BCUT2D eigenvalue weighted by molar-refractivity contribution is 5.97. The van der Waals surface area contributed by atoms with Crippen LogP contribution in [0.5, 0.6) is 5.75 Å². The Labute approximate surface area is 200 Å². The van der Waals surface area contributed by atoms with Crippen molar-refractivity contribution in [1.82, 2.24) is 15.5 Å². The van der Waals surface area contributed by atoms with Crippen molar-refractivity contribution in [2.45, 2.75) is 51.1 Å². The van der Waals surface area contributed by atoms with Crippen LogP contribution in [0.2, 0.25) is 0 Å². The summed E-state index contributed by atoms with van der Waals surface area (Å²) in [6, 6.07) is 14.0. The van der Waals surface area contributed by atoms with Crippen LogP contribution in [0.3, 0.4) is 0 Å². The summed E-state index contributed by atoms with van der Waals surface area (Å²) < 4.78 is 5.88. The Kier molecular flexibility index (Phi) is 7.67. The highest BCUT2D eigenvalue weighted by Crippen LogP contribution is 2.28. The van der Waals surface area contributed by atoms with Gasteiger partial charge in [0.2, 0.25) is 0 Å². The van der Waals surface area contributed by atoms with Crippen LogP contribution in [0.1, 0.15) is 61.0 Å². The molecule has 0 radical (unpaired) electrons. The van der Waals surface area contributed by atoms with E-state index in [1.165, 1.54) is 0 Å². The molecule has 2 fully saturated rings. The first-order valence-corrected chi connectivity index (χ1v) is 12.0. The smallest absolute Gasteiger partial charge is 0.319 e. The number of likely N-dealkylation sites (tertiary alicyclic amines) is 1. The summed E-state index contributed by atoms with van der Waals surface area (Å²) in [5.74, 6) is 0.329. The lowest BCUT2D eigenvalue weighted by Gasteiger charge is -2.22. The SMILES string of the molecule is CCC(NC(=O)c1cccc(NC(=O)NC2CC2)c1)c1ccccc1OCC(=O)N1CCCC1. The molecule has 0 bridgehead atoms. The molecule has 1 unspecified atom stereocenters. The minimum absolute atomic E-state index is 0.0144. The Morgan fingerprint density at radius 2 is 1.82 bits per heavy atom. The molecule has 180 valence electrons. The molecule has 1 saturated heterocycles. The predicted octanol–water partition coefficient (Wildman–Crippen LogP) is 3.85. The molecule has 1 aliphatic carbocycles. The molecular formula is C26H32N4O4. The van der Waals surface area contributed by atoms with E-state index in [0.717, 1.165) is 44.3 Å². The molecule has 3 N–H and O–H groups in total. The third-order valence-electron chi connectivity index (χ3n) is 6.11. The summed E-state index contributed by atoms with van der Waals surface area (Å²) in [5.41, 5.74) is 1.83. The average molecular weight is 465 g/mol. The molecule has 0 spiro atoms. The molecule has 4 amide bonds. The van der Waals surface area contributed by atoms with Gasteiger partial charge in [0.25, 0.3) is 11.8 Å². The van der Waals surface area contributed by atoms with E-state index < -0.39 is 0 Å². The van der Waals surface area contributed by atoms with E-state index in [9.17, 15) is 14.4 Å². The van der Waals surface area contributed by atoms with Gasteiger partial charge >= 0.3 is 6.03 Å². The second-order valence-electron chi connectivity index (χ2n) is 8.80. The lowest BCUT2D eigenvalue weighted by molar-refractivity contribution is -0.132. The summed E-state index contributed by atoms with van der Waals surface area (Å²) in [6.45, 7) is 3.54. The Morgan fingerprint density at radius 1 is 1.06 bits per heavy atom. The van der Waals surface area contributed by atoms with E-state index in [-0.39, 0.29) is 36.5 Å². The van der Waals surface area contributed by atoms with Crippen molar-refractivity contribution in [3.63, 3.8) is 0 Å². The second-order valence-corrected chi connectivity index (χ2v) is 8.80. The molecule has 8 nitrogen and oxygen atoms in total. The quantitative estimate of drug-likeness (QED) is 0.525. The van der Waals surface area contributed by atoms with Gasteiger partial charge in [-0.15, -0.1) is 0 Å². The van der Waals surface area contributed by atoms with Crippen molar-refractivity contribution in [2.24, 2.45) is 0 Å². The minimum atomic E-state index is -0.291. The molecular weight excluding hydrogens is 432 g/mol. The maximum absolute atomic E-state index is 13.0. The maximum Gasteiger partial charge on any atom is 0.319 e. The van der Waals surface area contributed by atoms with Crippen molar-refractivity contribution in [1.29, 1.82) is 0 Å². The van der Waals surface area contributed by atoms with Gasteiger partial charge in [-0.2, -0.15) is 0 Å². The van der Waals surface area contributed by atoms with E-state index in [0.29, 0.717) is 23.4 Å². The van der Waals surface area contributed by atoms with Crippen LogP contribution in [0.25, 0.3) is 0 Å². The van der Waals surface area contributed by atoms with E-state index in [1.54, 1.807) is 24.3 Å². The van der Waals surface area contributed by atoms with Gasteiger partial charge < -0.3 is 25.6 Å². The number of urea groups is 1. The van der Waals surface area contributed by atoms with Crippen molar-refractivity contribution in [2.75, 3.05) is 25.0 Å². The zero-order chi connectivity index (χ0) is 23.9. The average Bonchev–Trinajstić information content (AvgIpc) is 3.48. The standard InChI is InChI=1S/C26H32N4O4/c1-2-22(21-10-3-4-11-23(21)34-17-24(31)30-14-5-6-15-30)29-25(32)18-8-7-9-20(16-18)28-26(33)27-19-12-13-19/h3-4,7-11,16,19,22H,2,5-6,12-15,17H2,1H3,(H,29,32)(H2,27,28,33). The van der Waals surface area contributed by atoms with Crippen LogP contribution in [-0.4, -0.2) is 48.5 Å². The molecule has 1 atom stereocenters. The van der Waals surface area contributed by atoms with Crippen LogP contribution < -0.4 is 20.7 Å². The number of benzene rings is 2. The molecule has 1 saturated carbocycles. The van der Waals surface area contributed by atoms with E-state index in [1.807, 2.05) is 36.1 Å². The number of para-hydroxylation sites is 1. The number of amides is 4. The fourth-order valence-corrected chi connectivity index (χ4v) is 4.06. The Hall–Kier alpha value is -3.55. The maximum atomic E-state index is 13.0. The van der Waals surface area contributed by atoms with Crippen LogP contribution in [0, 0.1) is 0 Å². The Balaban J connectivity index is 1.39. The van der Waals surface area contributed by atoms with Gasteiger partial charge in [-0.25, -0.2) is 4.79 Å². The summed E-state index contributed by atoms with van der Waals surface area (Å²) in [5, 5.41) is 8.71. The lowest BCUT2D eigenvalue weighted by atomic mass is 10.0. The molecule has 2 aromatic rings. The number of ether oxygens (including phenoxy) is 1. The first-order chi connectivity index (χ1) is 16.5. The highest BCUT2D eigenvalue weighted by Gasteiger charge is 2.24. The van der Waals surface area contributed by atoms with E-state index in [4.69, 9.17) is 4.74 Å². The molecule has 2 aromatic carbocycles. The molecule has 0 aromatic heterocycles. The third kappa shape index (κ3) is 6.27. The van der Waals surface area contributed by atoms with Gasteiger partial charge in [0, 0.05) is 35.9 Å². The van der Waals surface area contributed by atoms with Crippen LogP contribution in [0.4, 0.5) is 10.5 Å². The van der Waals surface area contributed by atoms with E-state index in [2.05, 4.69) is 16.0 Å². The molecule has 1 heterocycles. The number of carbonyl (C=O) groups excluding carboxylic acids is 3. The largest absolute Gasteiger partial charge is 0.483 e. The van der Waals surface area contributed by atoms with Crippen molar-refractivity contribution in [3.05, 3.63) is 59.7 Å². The van der Waals surface area contributed by atoms with Gasteiger partial charge in [-0.3, -0.25) is 9.59 Å². The minimum Gasteiger partial charge on any atom is -0.483 e. The van der Waals surface area contributed by atoms with Gasteiger partial charge in [0.15, 0.2) is 6.61 Å². The number of nitrogens with zero attached hydrogens (tertiary/aromatic N) is 1. The number of rotatable bonds is 9. The van der Waals surface area contributed by atoms with Crippen molar-refractivity contribution in [3.8, 4) is 5.75 Å². The van der Waals surface area contributed by atoms with Gasteiger partial charge in [-0.1, -0.05) is 31.2 Å².